The van der Waals surface area contributed by atoms with Crippen LogP contribution in [0.1, 0.15) is 0 Å². The van der Waals surface area contributed by atoms with Crippen molar-refractivity contribution in [3.05, 3.63) is 54.1 Å². The van der Waals surface area contributed by atoms with Gasteiger partial charge in [0.25, 0.3) is 9.05 Å². The zero-order valence-electron chi connectivity index (χ0n) is 8.90. The highest BCUT2D eigenvalue weighted by Crippen LogP contribution is 2.32. The van der Waals surface area contributed by atoms with Crippen molar-refractivity contribution in [1.29, 1.82) is 0 Å². The Balaban J connectivity index is 2.82. The van der Waals surface area contributed by atoms with Crippen molar-refractivity contribution in [2.45, 2.75) is 4.90 Å². The highest BCUT2D eigenvalue weighted by atomic mass is 35.7. The highest BCUT2D eigenvalue weighted by Gasteiger charge is 2.22. The van der Waals surface area contributed by atoms with Crippen LogP contribution in [0, 0.1) is 11.6 Å². The second-order valence-electron chi connectivity index (χ2n) is 3.53. The molecule has 18 heavy (non-hydrogen) atoms. The number of hydrogen-bond acceptors (Lipinski definition) is 2. The molecule has 6 heteroatoms. The summed E-state index contributed by atoms with van der Waals surface area (Å²) in [6.07, 6.45) is 0. The van der Waals surface area contributed by atoms with Gasteiger partial charge in [0.05, 0.1) is 0 Å². The molecule has 0 aliphatic carbocycles. The minimum Gasteiger partial charge on any atom is -0.207 e. The highest BCUT2D eigenvalue weighted by molar-refractivity contribution is 8.13. The van der Waals surface area contributed by atoms with Gasteiger partial charge in [0.2, 0.25) is 0 Å². The fourth-order valence-corrected chi connectivity index (χ4v) is 2.86. The summed E-state index contributed by atoms with van der Waals surface area (Å²) < 4.78 is 49.9. The van der Waals surface area contributed by atoms with Crippen LogP contribution in [0.5, 0.6) is 0 Å². The first-order chi connectivity index (χ1) is 8.41. The van der Waals surface area contributed by atoms with Gasteiger partial charge in [-0.1, -0.05) is 30.3 Å². The fourth-order valence-electron chi connectivity index (χ4n) is 1.65. The average molecular weight is 289 g/mol. The van der Waals surface area contributed by atoms with Gasteiger partial charge in [0.1, 0.15) is 16.5 Å². The van der Waals surface area contributed by atoms with Crippen LogP contribution in [0.15, 0.2) is 47.4 Å². The van der Waals surface area contributed by atoms with E-state index in [1.54, 1.807) is 0 Å². The lowest BCUT2D eigenvalue weighted by atomic mass is 10.1. The Kier molecular flexibility index (Phi) is 3.36. The Labute approximate surface area is 107 Å². The molecule has 0 aromatic heterocycles. The van der Waals surface area contributed by atoms with Crippen LogP contribution in [0.3, 0.4) is 0 Å². The third kappa shape index (κ3) is 2.37. The van der Waals surface area contributed by atoms with E-state index in [0.29, 0.717) is 0 Å². The van der Waals surface area contributed by atoms with Gasteiger partial charge in [-0.15, -0.1) is 0 Å². The molecule has 0 fully saturated rings. The van der Waals surface area contributed by atoms with Crippen molar-refractivity contribution in [3.63, 3.8) is 0 Å². The summed E-state index contributed by atoms with van der Waals surface area (Å²) in [7, 11) is 0.882. The number of benzene rings is 2. The molecule has 0 aliphatic rings. The van der Waals surface area contributed by atoms with E-state index in [-0.39, 0.29) is 11.1 Å². The number of halogens is 3. The third-order valence-electron chi connectivity index (χ3n) is 2.37. The summed E-state index contributed by atoms with van der Waals surface area (Å²) in [4.78, 5) is -0.711. The molecule has 0 heterocycles. The Morgan fingerprint density at radius 3 is 2.00 bits per heavy atom. The molecule has 0 saturated heterocycles. The average Bonchev–Trinajstić information content (AvgIpc) is 2.27. The van der Waals surface area contributed by atoms with Crippen molar-refractivity contribution in [3.8, 4) is 11.1 Å². The molecule has 2 aromatic carbocycles. The van der Waals surface area contributed by atoms with Crippen LogP contribution >= 0.6 is 10.7 Å². The molecular weight excluding hydrogens is 282 g/mol. The van der Waals surface area contributed by atoms with Gasteiger partial charge in [-0.2, -0.15) is 0 Å². The monoisotopic (exact) mass is 288 g/mol. The van der Waals surface area contributed by atoms with E-state index >= 15 is 0 Å². The van der Waals surface area contributed by atoms with Gasteiger partial charge in [-0.05, 0) is 12.1 Å². The van der Waals surface area contributed by atoms with Crippen LogP contribution < -0.4 is 0 Å². The van der Waals surface area contributed by atoms with E-state index in [2.05, 4.69) is 0 Å². The van der Waals surface area contributed by atoms with E-state index in [9.17, 15) is 17.2 Å². The molecule has 94 valence electrons. The summed E-state index contributed by atoms with van der Waals surface area (Å²) in [6, 6.07) is 9.04. The van der Waals surface area contributed by atoms with E-state index in [1.807, 2.05) is 0 Å². The standard InChI is InChI=1S/C12H7ClF2O2S/c13-18(16,17)12-9(5-3-7-11(12)15)8-4-1-2-6-10(8)14/h1-7H. The van der Waals surface area contributed by atoms with E-state index < -0.39 is 25.6 Å². The van der Waals surface area contributed by atoms with Gasteiger partial charge in [-0.3, -0.25) is 0 Å². The molecule has 0 N–H and O–H groups in total. The number of hydrogen-bond donors (Lipinski definition) is 0. The molecule has 0 aliphatic heterocycles. The van der Waals surface area contributed by atoms with Crippen molar-refractivity contribution in [2.75, 3.05) is 0 Å². The van der Waals surface area contributed by atoms with Gasteiger partial charge < -0.3 is 0 Å². The SMILES string of the molecule is O=S(=O)(Cl)c1c(F)cccc1-c1ccccc1F. The molecule has 0 saturated carbocycles. The first kappa shape index (κ1) is 13.0. The smallest absolute Gasteiger partial charge is 0.207 e. The normalized spacial score (nSPS) is 11.5. The first-order valence-electron chi connectivity index (χ1n) is 4.89. The second kappa shape index (κ2) is 4.66. The third-order valence-corrected chi connectivity index (χ3v) is 3.74. The maximum absolute atomic E-state index is 13.6. The lowest BCUT2D eigenvalue weighted by Gasteiger charge is -2.08. The van der Waals surface area contributed by atoms with Gasteiger partial charge >= 0.3 is 0 Å². The predicted octanol–water partition coefficient (Wildman–Crippen LogP) is 3.56. The first-order valence-corrected chi connectivity index (χ1v) is 7.20. The van der Waals surface area contributed by atoms with Crippen LogP contribution in [0.25, 0.3) is 11.1 Å². The van der Waals surface area contributed by atoms with E-state index in [1.165, 1.54) is 30.3 Å². The summed E-state index contributed by atoms with van der Waals surface area (Å²) in [6.45, 7) is 0. The number of rotatable bonds is 2. The lowest BCUT2D eigenvalue weighted by molar-refractivity contribution is 0.576. The molecule has 2 aromatic rings. The maximum atomic E-state index is 13.6. The Morgan fingerprint density at radius 2 is 1.39 bits per heavy atom. The topological polar surface area (TPSA) is 34.1 Å². The summed E-state index contributed by atoms with van der Waals surface area (Å²) in [5, 5.41) is 0. The van der Waals surface area contributed by atoms with Gasteiger partial charge in [-0.25, -0.2) is 17.2 Å². The van der Waals surface area contributed by atoms with Crippen LogP contribution in [-0.4, -0.2) is 8.42 Å². The predicted molar refractivity (Wildman–Crippen MR) is 64.8 cm³/mol. The van der Waals surface area contributed by atoms with Crippen molar-refractivity contribution in [1.82, 2.24) is 0 Å². The van der Waals surface area contributed by atoms with Gasteiger partial charge in [0, 0.05) is 21.8 Å². The molecule has 0 radical (unpaired) electrons. The van der Waals surface area contributed by atoms with E-state index in [4.69, 9.17) is 10.7 Å². The zero-order chi connectivity index (χ0) is 13.3. The molecular formula is C12H7ClF2O2S. The summed E-state index contributed by atoms with van der Waals surface area (Å²) in [5.41, 5.74) is -0.112. The van der Waals surface area contributed by atoms with E-state index in [0.717, 1.165) is 12.1 Å². The fraction of sp³-hybridized carbons (Fsp3) is 0. The Morgan fingerprint density at radius 1 is 0.833 bits per heavy atom. The molecule has 0 spiro atoms. The van der Waals surface area contributed by atoms with Gasteiger partial charge in [0.15, 0.2) is 0 Å². The molecule has 0 atom stereocenters. The van der Waals surface area contributed by atoms with Crippen molar-refractivity contribution < 1.29 is 17.2 Å². The molecule has 0 unspecified atom stereocenters. The minimum absolute atomic E-state index is 0.0174. The van der Waals surface area contributed by atoms with Crippen LogP contribution in [0.2, 0.25) is 0 Å². The Bertz CT molecular complexity index is 699. The van der Waals surface area contributed by atoms with Crippen LogP contribution in [-0.2, 0) is 9.05 Å². The quantitative estimate of drug-likeness (QED) is 0.792. The van der Waals surface area contributed by atoms with Crippen molar-refractivity contribution in [2.24, 2.45) is 0 Å². The maximum Gasteiger partial charge on any atom is 0.264 e. The minimum atomic E-state index is -4.30. The lowest BCUT2D eigenvalue weighted by Crippen LogP contribution is -1.99. The molecule has 2 nitrogen and oxygen atoms in total. The second-order valence-corrected chi connectivity index (χ2v) is 6.04. The van der Waals surface area contributed by atoms with Crippen molar-refractivity contribution >= 4 is 19.7 Å². The zero-order valence-corrected chi connectivity index (χ0v) is 10.5. The van der Waals surface area contributed by atoms with Crippen LogP contribution in [0.4, 0.5) is 8.78 Å². The summed E-state index contributed by atoms with van der Waals surface area (Å²) >= 11 is 0. The molecule has 2 rings (SSSR count). The molecule has 0 bridgehead atoms. The molecule has 0 amide bonds. The Hall–Kier alpha value is -1.46. The largest absolute Gasteiger partial charge is 0.264 e. The summed E-state index contributed by atoms with van der Waals surface area (Å²) in [5.74, 6) is -1.66.